The number of thioether (sulfide) groups is 1. The number of nitrogens with one attached hydrogen (secondary N) is 1. The lowest BCUT2D eigenvalue weighted by atomic mass is 10.1. The van der Waals surface area contributed by atoms with Crippen LogP contribution in [0.1, 0.15) is 34.2 Å². The Morgan fingerprint density at radius 2 is 1.47 bits per heavy atom. The number of fused-ring (bicyclic) bond motifs is 1. The van der Waals surface area contributed by atoms with Gasteiger partial charge in [0.1, 0.15) is 0 Å². The predicted molar refractivity (Wildman–Crippen MR) is 137 cm³/mol. The molecule has 0 spiro atoms. The Labute approximate surface area is 193 Å². The summed E-state index contributed by atoms with van der Waals surface area (Å²) in [6, 6.07) is 20.4. The van der Waals surface area contributed by atoms with Crippen molar-refractivity contribution in [3.8, 4) is 0 Å². The monoisotopic (exact) mass is 441 g/mol. The van der Waals surface area contributed by atoms with E-state index in [0.29, 0.717) is 12.2 Å². The molecule has 3 aromatic carbocycles. The van der Waals surface area contributed by atoms with Crippen LogP contribution in [-0.4, -0.2) is 22.4 Å². The second kappa shape index (κ2) is 9.53. The third-order valence-corrected chi connectivity index (χ3v) is 6.61. The van der Waals surface area contributed by atoms with Gasteiger partial charge in [0.25, 0.3) is 0 Å². The molecule has 1 aliphatic rings. The molecule has 1 aliphatic heterocycles. The van der Waals surface area contributed by atoms with Gasteiger partial charge in [0, 0.05) is 12.1 Å². The molecule has 4 rings (SSSR count). The number of carbonyl (C=O) groups excluding carboxylic acids is 1. The maximum Gasteiger partial charge on any atom is 0.234 e. The van der Waals surface area contributed by atoms with Gasteiger partial charge in [-0.3, -0.25) is 9.79 Å². The molecule has 3 aromatic rings. The first-order valence-corrected chi connectivity index (χ1v) is 11.7. The molecule has 0 aliphatic carbocycles. The molecular formula is C27H27N3OS. The highest BCUT2D eigenvalue weighted by Gasteiger charge is 2.18. The fourth-order valence-corrected chi connectivity index (χ4v) is 4.45. The predicted octanol–water partition coefficient (Wildman–Crippen LogP) is 6.85. The summed E-state index contributed by atoms with van der Waals surface area (Å²) in [6.45, 7) is 8.20. The molecule has 0 radical (unpaired) electrons. The van der Waals surface area contributed by atoms with Gasteiger partial charge in [-0.1, -0.05) is 48.5 Å². The lowest BCUT2D eigenvalue weighted by Gasteiger charge is -2.12. The second-order valence-electron chi connectivity index (χ2n) is 8.14. The van der Waals surface area contributed by atoms with Crippen molar-refractivity contribution in [2.45, 2.75) is 34.1 Å². The van der Waals surface area contributed by atoms with Gasteiger partial charge in [-0.25, -0.2) is 4.99 Å². The van der Waals surface area contributed by atoms with Crippen molar-refractivity contribution < 1.29 is 4.79 Å². The van der Waals surface area contributed by atoms with Gasteiger partial charge in [0.15, 0.2) is 0 Å². The molecule has 4 nitrogen and oxygen atoms in total. The average Bonchev–Trinajstić information content (AvgIpc) is 2.95. The first-order chi connectivity index (χ1) is 15.4. The Hall–Kier alpha value is -3.18. The molecule has 32 heavy (non-hydrogen) atoms. The summed E-state index contributed by atoms with van der Waals surface area (Å²) in [5.74, 6) is 0.271. The van der Waals surface area contributed by atoms with Crippen molar-refractivity contribution in [2.24, 2.45) is 9.98 Å². The Balaban J connectivity index is 1.59. The fourth-order valence-electron chi connectivity index (χ4n) is 3.68. The third kappa shape index (κ3) is 5.00. The highest BCUT2D eigenvalue weighted by Crippen LogP contribution is 2.36. The standard InChI is InChI=1S/C27H27N3OS/c1-17-9-8-10-18(2)27(17)30-25(31)16-32-26-15-22(21-11-6-5-7-12-21)28-23-13-19(3)20(4)14-24(23)29-26/h5-14H,15-16H2,1-4H3,(H,30,31). The zero-order chi connectivity index (χ0) is 22.7. The smallest absolute Gasteiger partial charge is 0.234 e. The van der Waals surface area contributed by atoms with E-state index in [1.807, 2.05) is 50.2 Å². The second-order valence-corrected chi connectivity index (χ2v) is 9.18. The van der Waals surface area contributed by atoms with Crippen LogP contribution >= 0.6 is 11.8 Å². The average molecular weight is 442 g/mol. The van der Waals surface area contributed by atoms with Crippen LogP contribution in [0.25, 0.3) is 0 Å². The summed E-state index contributed by atoms with van der Waals surface area (Å²) in [7, 11) is 0. The summed E-state index contributed by atoms with van der Waals surface area (Å²) in [6.07, 6.45) is 0.595. The molecule has 162 valence electrons. The minimum atomic E-state index is -0.0298. The summed E-state index contributed by atoms with van der Waals surface area (Å²) in [5, 5.41) is 3.96. The van der Waals surface area contributed by atoms with Crippen molar-refractivity contribution in [3.05, 3.63) is 88.5 Å². The molecule has 0 fully saturated rings. The lowest BCUT2D eigenvalue weighted by Crippen LogP contribution is -2.17. The molecule has 1 amide bonds. The van der Waals surface area contributed by atoms with Gasteiger partial charge in [-0.2, -0.15) is 0 Å². The summed E-state index contributed by atoms with van der Waals surface area (Å²) < 4.78 is 0. The first-order valence-electron chi connectivity index (χ1n) is 10.7. The van der Waals surface area contributed by atoms with Crippen molar-refractivity contribution >= 4 is 45.5 Å². The van der Waals surface area contributed by atoms with Gasteiger partial charge in [0.2, 0.25) is 5.91 Å². The number of anilines is 1. The summed E-state index contributed by atoms with van der Waals surface area (Å²) in [4.78, 5) is 22.6. The lowest BCUT2D eigenvalue weighted by molar-refractivity contribution is -0.113. The molecule has 0 saturated heterocycles. The van der Waals surface area contributed by atoms with Gasteiger partial charge in [0.05, 0.1) is 27.9 Å². The van der Waals surface area contributed by atoms with Gasteiger partial charge >= 0.3 is 0 Å². The van der Waals surface area contributed by atoms with E-state index in [0.717, 1.165) is 44.5 Å². The van der Waals surface area contributed by atoms with Crippen LogP contribution in [0, 0.1) is 27.7 Å². The van der Waals surface area contributed by atoms with Crippen molar-refractivity contribution in [2.75, 3.05) is 11.1 Å². The number of nitrogens with zero attached hydrogens (tertiary/aromatic N) is 2. The number of amides is 1. The third-order valence-electron chi connectivity index (χ3n) is 5.63. The number of hydrogen-bond acceptors (Lipinski definition) is 4. The molecule has 0 aromatic heterocycles. The SMILES string of the molecule is Cc1cc2c(cc1C)N=C(c1ccccc1)CC(SCC(=O)Nc1c(C)cccc1C)=N2. The number of benzene rings is 3. The van der Waals surface area contributed by atoms with E-state index < -0.39 is 0 Å². The zero-order valence-electron chi connectivity index (χ0n) is 18.9. The topological polar surface area (TPSA) is 53.8 Å². The number of carbonyl (C=O) groups is 1. The number of rotatable bonds is 4. The minimum absolute atomic E-state index is 0.0298. The Kier molecular flexibility index (Phi) is 6.56. The van der Waals surface area contributed by atoms with Crippen LogP contribution in [0.4, 0.5) is 17.1 Å². The van der Waals surface area contributed by atoms with Crippen molar-refractivity contribution in [3.63, 3.8) is 0 Å². The Bertz CT molecular complexity index is 1210. The Morgan fingerprint density at radius 1 is 0.844 bits per heavy atom. The molecule has 5 heteroatoms. The number of aryl methyl sites for hydroxylation is 4. The highest BCUT2D eigenvalue weighted by molar-refractivity contribution is 8.14. The maximum atomic E-state index is 12.7. The van der Waals surface area contributed by atoms with E-state index in [1.54, 1.807) is 0 Å². The summed E-state index contributed by atoms with van der Waals surface area (Å²) in [5.41, 5.74) is 9.17. The van der Waals surface area contributed by atoms with E-state index in [-0.39, 0.29) is 5.91 Å². The van der Waals surface area contributed by atoms with Crippen molar-refractivity contribution in [1.82, 2.24) is 0 Å². The van der Waals surface area contributed by atoms with Gasteiger partial charge in [-0.15, -0.1) is 11.8 Å². The quantitative estimate of drug-likeness (QED) is 0.481. The van der Waals surface area contributed by atoms with Crippen molar-refractivity contribution in [1.29, 1.82) is 0 Å². The molecule has 0 saturated carbocycles. The highest BCUT2D eigenvalue weighted by atomic mass is 32.2. The largest absolute Gasteiger partial charge is 0.325 e. The normalized spacial score (nSPS) is 13.0. The van der Waals surface area contributed by atoms with Gasteiger partial charge in [-0.05, 0) is 67.6 Å². The number of hydrogen-bond donors (Lipinski definition) is 1. The number of aliphatic imine (C=N–C) groups is 2. The van der Waals surface area contributed by atoms with E-state index >= 15 is 0 Å². The van der Waals surface area contributed by atoms with Crippen LogP contribution in [0.15, 0.2) is 70.6 Å². The first kappa shape index (κ1) is 22.0. The molecular weight excluding hydrogens is 414 g/mol. The molecule has 1 heterocycles. The molecule has 1 N–H and O–H groups in total. The van der Waals surface area contributed by atoms with Crippen LogP contribution < -0.4 is 5.32 Å². The minimum Gasteiger partial charge on any atom is -0.325 e. The maximum absolute atomic E-state index is 12.7. The summed E-state index contributed by atoms with van der Waals surface area (Å²) >= 11 is 1.48. The van der Waals surface area contributed by atoms with E-state index in [4.69, 9.17) is 9.98 Å². The van der Waals surface area contributed by atoms with E-state index in [1.165, 1.54) is 22.9 Å². The molecule has 0 bridgehead atoms. The van der Waals surface area contributed by atoms with Crippen LogP contribution in [0.5, 0.6) is 0 Å². The Morgan fingerprint density at radius 3 is 2.12 bits per heavy atom. The van der Waals surface area contributed by atoms with Gasteiger partial charge < -0.3 is 5.32 Å². The molecule has 0 unspecified atom stereocenters. The molecule has 0 atom stereocenters. The van der Waals surface area contributed by atoms with Crippen LogP contribution in [-0.2, 0) is 4.79 Å². The van der Waals surface area contributed by atoms with Crippen LogP contribution in [0.3, 0.4) is 0 Å². The fraction of sp³-hybridized carbons (Fsp3) is 0.222. The van der Waals surface area contributed by atoms with E-state index in [2.05, 4.69) is 43.4 Å². The van der Waals surface area contributed by atoms with Crippen LogP contribution in [0.2, 0.25) is 0 Å². The number of para-hydroxylation sites is 1. The zero-order valence-corrected chi connectivity index (χ0v) is 19.7. The van der Waals surface area contributed by atoms with E-state index in [9.17, 15) is 4.79 Å².